The lowest BCUT2D eigenvalue weighted by molar-refractivity contribution is 0.0798. The smallest absolute Gasteiger partial charge is 0.251 e. The molecule has 1 aromatic heterocycles. The van der Waals surface area contributed by atoms with Gasteiger partial charge in [-0.2, -0.15) is 0 Å². The Morgan fingerprint density at radius 2 is 2.26 bits per heavy atom. The molecule has 0 radical (unpaired) electrons. The molecule has 4 rings (SSSR count). The molecular weight excluding hydrogens is 373 g/mol. The van der Waals surface area contributed by atoms with Crippen LogP contribution in [0, 0.1) is 11.7 Å². The Kier molecular flexibility index (Phi) is 5.38. The van der Waals surface area contributed by atoms with Crippen LogP contribution >= 0.6 is 11.6 Å². The molecular formula is C18H21ClFN5O2. The van der Waals surface area contributed by atoms with Gasteiger partial charge in [-0.25, -0.2) is 4.39 Å². The minimum atomic E-state index is -0.585. The summed E-state index contributed by atoms with van der Waals surface area (Å²) < 4.78 is 21.0. The lowest BCUT2D eigenvalue weighted by Crippen LogP contribution is -2.31. The molecule has 1 unspecified atom stereocenters. The highest BCUT2D eigenvalue weighted by Gasteiger charge is 2.25. The Balaban J connectivity index is 1.28. The SMILES string of the molecule is O=C(NCC1CCN(Cc2nnc3n2CCOC3)C1)c1ccc(Cl)c(F)c1. The van der Waals surface area contributed by atoms with E-state index >= 15 is 0 Å². The van der Waals surface area contributed by atoms with Crippen molar-refractivity contribution in [3.63, 3.8) is 0 Å². The summed E-state index contributed by atoms with van der Waals surface area (Å²) in [5.41, 5.74) is 0.282. The predicted molar refractivity (Wildman–Crippen MR) is 96.8 cm³/mol. The summed E-state index contributed by atoms with van der Waals surface area (Å²) in [7, 11) is 0. The first-order chi connectivity index (χ1) is 13.1. The maximum Gasteiger partial charge on any atom is 0.251 e. The van der Waals surface area contributed by atoms with Crippen molar-refractivity contribution < 1.29 is 13.9 Å². The van der Waals surface area contributed by atoms with Gasteiger partial charge in [0.15, 0.2) is 5.82 Å². The summed E-state index contributed by atoms with van der Waals surface area (Å²) in [4.78, 5) is 14.5. The summed E-state index contributed by atoms with van der Waals surface area (Å²) in [6.07, 6.45) is 0.999. The zero-order chi connectivity index (χ0) is 18.8. The standard InChI is InChI=1S/C18H21ClFN5O2/c19-14-2-1-13(7-15(14)20)18(26)21-8-12-3-4-24(9-12)10-16-22-23-17-11-27-6-5-25(16)17/h1-2,7,12H,3-6,8-11H2,(H,21,26). The molecule has 1 atom stereocenters. The fourth-order valence-electron chi connectivity index (χ4n) is 3.57. The van der Waals surface area contributed by atoms with E-state index < -0.39 is 5.82 Å². The highest BCUT2D eigenvalue weighted by atomic mass is 35.5. The van der Waals surface area contributed by atoms with Crippen molar-refractivity contribution in [3.05, 3.63) is 46.3 Å². The van der Waals surface area contributed by atoms with Crippen molar-refractivity contribution in [2.24, 2.45) is 5.92 Å². The molecule has 1 amide bonds. The van der Waals surface area contributed by atoms with Gasteiger partial charge in [0.25, 0.3) is 5.91 Å². The van der Waals surface area contributed by atoms with Crippen LogP contribution in [0.15, 0.2) is 18.2 Å². The molecule has 3 heterocycles. The summed E-state index contributed by atoms with van der Waals surface area (Å²) in [6.45, 7) is 5.15. The van der Waals surface area contributed by atoms with Gasteiger partial charge in [-0.15, -0.1) is 10.2 Å². The highest BCUT2D eigenvalue weighted by molar-refractivity contribution is 6.30. The normalized spacial score (nSPS) is 19.9. The largest absolute Gasteiger partial charge is 0.372 e. The topological polar surface area (TPSA) is 72.3 Å². The fraction of sp³-hybridized carbons (Fsp3) is 0.500. The van der Waals surface area contributed by atoms with Crippen LogP contribution < -0.4 is 5.32 Å². The number of nitrogens with one attached hydrogen (secondary N) is 1. The second-order valence-electron chi connectivity index (χ2n) is 6.97. The molecule has 9 heteroatoms. The van der Waals surface area contributed by atoms with Crippen molar-refractivity contribution in [1.29, 1.82) is 0 Å². The first-order valence-corrected chi connectivity index (χ1v) is 9.42. The van der Waals surface area contributed by atoms with Gasteiger partial charge < -0.3 is 14.6 Å². The van der Waals surface area contributed by atoms with Gasteiger partial charge in [-0.1, -0.05) is 11.6 Å². The second kappa shape index (κ2) is 7.92. The summed E-state index contributed by atoms with van der Waals surface area (Å²) in [6, 6.07) is 4.09. The molecule has 1 fully saturated rings. The molecule has 0 spiro atoms. The molecule has 0 aliphatic carbocycles. The number of rotatable bonds is 5. The lowest BCUT2D eigenvalue weighted by atomic mass is 10.1. The van der Waals surface area contributed by atoms with Crippen molar-refractivity contribution in [3.8, 4) is 0 Å². The first kappa shape index (κ1) is 18.3. The van der Waals surface area contributed by atoms with Crippen LogP contribution in [-0.4, -0.2) is 51.8 Å². The monoisotopic (exact) mass is 393 g/mol. The third-order valence-electron chi connectivity index (χ3n) is 5.06. The predicted octanol–water partition coefficient (Wildman–Crippen LogP) is 1.85. The van der Waals surface area contributed by atoms with Crippen LogP contribution in [0.25, 0.3) is 0 Å². The number of benzene rings is 1. The zero-order valence-corrected chi connectivity index (χ0v) is 15.6. The highest BCUT2D eigenvalue weighted by Crippen LogP contribution is 2.20. The van der Waals surface area contributed by atoms with Crippen molar-refractivity contribution in [2.45, 2.75) is 26.1 Å². The Hall–Kier alpha value is -2.03. The average Bonchev–Trinajstić information content (AvgIpc) is 3.30. The molecule has 2 aliphatic rings. The van der Waals surface area contributed by atoms with E-state index in [1.807, 2.05) is 0 Å². The van der Waals surface area contributed by atoms with E-state index in [2.05, 4.69) is 25.0 Å². The maximum atomic E-state index is 13.5. The van der Waals surface area contributed by atoms with Gasteiger partial charge in [-0.3, -0.25) is 9.69 Å². The summed E-state index contributed by atoms with van der Waals surface area (Å²) >= 11 is 5.65. The van der Waals surface area contributed by atoms with Crippen LogP contribution in [0.2, 0.25) is 5.02 Å². The Labute approximate surface area is 161 Å². The van der Waals surface area contributed by atoms with E-state index in [9.17, 15) is 9.18 Å². The number of hydrogen-bond donors (Lipinski definition) is 1. The zero-order valence-electron chi connectivity index (χ0n) is 14.8. The van der Waals surface area contributed by atoms with Gasteiger partial charge in [0.2, 0.25) is 0 Å². The molecule has 0 saturated carbocycles. The third-order valence-corrected chi connectivity index (χ3v) is 5.37. The van der Waals surface area contributed by atoms with Gasteiger partial charge >= 0.3 is 0 Å². The van der Waals surface area contributed by atoms with Gasteiger partial charge in [0.05, 0.1) is 18.2 Å². The molecule has 0 bridgehead atoms. The molecule has 1 saturated heterocycles. The Morgan fingerprint density at radius 3 is 3.11 bits per heavy atom. The molecule has 1 N–H and O–H groups in total. The van der Waals surface area contributed by atoms with Crippen molar-refractivity contribution in [1.82, 2.24) is 25.0 Å². The molecule has 7 nitrogen and oxygen atoms in total. The summed E-state index contributed by atoms with van der Waals surface area (Å²) in [5.74, 6) is 1.34. The Morgan fingerprint density at radius 1 is 1.37 bits per heavy atom. The van der Waals surface area contributed by atoms with E-state index in [0.29, 0.717) is 25.7 Å². The number of carbonyl (C=O) groups excluding carboxylic acids is 1. The molecule has 2 aromatic rings. The van der Waals surface area contributed by atoms with Gasteiger partial charge in [-0.05, 0) is 37.1 Å². The van der Waals surface area contributed by atoms with Crippen LogP contribution in [0.5, 0.6) is 0 Å². The summed E-state index contributed by atoms with van der Waals surface area (Å²) in [5, 5.41) is 11.4. The number of nitrogens with zero attached hydrogens (tertiary/aromatic N) is 4. The number of aromatic nitrogens is 3. The van der Waals surface area contributed by atoms with Crippen LogP contribution in [0.3, 0.4) is 0 Å². The van der Waals surface area contributed by atoms with Gasteiger partial charge in [0, 0.05) is 25.2 Å². The van der Waals surface area contributed by atoms with E-state index in [4.69, 9.17) is 16.3 Å². The number of ether oxygens (including phenoxy) is 1. The van der Waals surface area contributed by atoms with Crippen LogP contribution in [-0.2, 0) is 24.4 Å². The lowest BCUT2D eigenvalue weighted by Gasteiger charge is -2.19. The minimum Gasteiger partial charge on any atom is -0.372 e. The third kappa shape index (κ3) is 4.12. The molecule has 2 aliphatic heterocycles. The van der Waals surface area contributed by atoms with E-state index in [0.717, 1.165) is 50.3 Å². The molecule has 27 heavy (non-hydrogen) atoms. The fourth-order valence-corrected chi connectivity index (χ4v) is 3.69. The Bertz CT molecular complexity index is 843. The number of amides is 1. The van der Waals surface area contributed by atoms with Crippen molar-refractivity contribution in [2.75, 3.05) is 26.2 Å². The number of likely N-dealkylation sites (tertiary alicyclic amines) is 1. The molecule has 144 valence electrons. The number of halogens is 2. The number of hydrogen-bond acceptors (Lipinski definition) is 5. The van der Waals surface area contributed by atoms with Gasteiger partial charge in [0.1, 0.15) is 18.2 Å². The van der Waals surface area contributed by atoms with E-state index in [1.165, 1.54) is 12.1 Å². The molecule has 1 aromatic carbocycles. The first-order valence-electron chi connectivity index (χ1n) is 9.04. The van der Waals surface area contributed by atoms with E-state index in [1.54, 1.807) is 0 Å². The quantitative estimate of drug-likeness (QED) is 0.839. The van der Waals surface area contributed by atoms with E-state index in [-0.39, 0.29) is 16.5 Å². The number of carbonyl (C=O) groups is 1. The minimum absolute atomic E-state index is 0.0141. The second-order valence-corrected chi connectivity index (χ2v) is 7.37. The number of fused-ring (bicyclic) bond motifs is 1. The van der Waals surface area contributed by atoms with Crippen LogP contribution in [0.4, 0.5) is 4.39 Å². The van der Waals surface area contributed by atoms with Crippen LogP contribution in [0.1, 0.15) is 28.4 Å². The maximum absolute atomic E-state index is 13.5. The average molecular weight is 394 g/mol. The van der Waals surface area contributed by atoms with Crippen molar-refractivity contribution >= 4 is 17.5 Å².